The largest absolute Gasteiger partial charge is 0.378 e. The van der Waals surface area contributed by atoms with E-state index in [1.807, 2.05) is 51.0 Å². The summed E-state index contributed by atoms with van der Waals surface area (Å²) < 4.78 is 0. The second-order valence-corrected chi connectivity index (χ2v) is 8.35. The number of carbonyl (C=O) groups is 2. The number of benzene rings is 2. The van der Waals surface area contributed by atoms with Crippen LogP contribution in [0.5, 0.6) is 0 Å². The molecule has 1 aliphatic heterocycles. The van der Waals surface area contributed by atoms with Crippen LogP contribution in [0.25, 0.3) is 0 Å². The quantitative estimate of drug-likeness (QED) is 0.751. The lowest BCUT2D eigenvalue weighted by Crippen LogP contribution is -2.41. The molecule has 1 atom stereocenters. The maximum Gasteiger partial charge on any atom is 0.232 e. The molecule has 0 radical (unpaired) electrons. The number of ketones is 1. The summed E-state index contributed by atoms with van der Waals surface area (Å²) in [6.45, 7) is 4.07. The van der Waals surface area contributed by atoms with Crippen LogP contribution in [-0.2, 0) is 9.59 Å². The number of hydrogen-bond donors (Lipinski definition) is 0. The first kappa shape index (κ1) is 19.4. The highest BCUT2D eigenvalue weighted by atomic mass is 16.2. The van der Waals surface area contributed by atoms with Crippen molar-refractivity contribution >= 4 is 23.1 Å². The number of aryl methyl sites for hydroxylation is 2. The van der Waals surface area contributed by atoms with Gasteiger partial charge in [-0.15, -0.1) is 0 Å². The van der Waals surface area contributed by atoms with E-state index in [0.717, 1.165) is 52.2 Å². The molecule has 29 heavy (non-hydrogen) atoms. The van der Waals surface area contributed by atoms with Crippen molar-refractivity contribution in [1.29, 1.82) is 0 Å². The van der Waals surface area contributed by atoms with Gasteiger partial charge in [-0.05, 0) is 55.5 Å². The number of allylic oxidation sites excluding steroid dienone is 2. The summed E-state index contributed by atoms with van der Waals surface area (Å²) in [5.74, 6) is 0.122. The molecule has 0 saturated heterocycles. The number of nitrogens with zero attached hydrogens (tertiary/aromatic N) is 2. The van der Waals surface area contributed by atoms with E-state index in [1.165, 1.54) is 0 Å². The number of rotatable bonds is 3. The zero-order valence-corrected chi connectivity index (χ0v) is 17.7. The van der Waals surface area contributed by atoms with Crippen LogP contribution in [-0.4, -0.2) is 25.8 Å². The van der Waals surface area contributed by atoms with Crippen LogP contribution in [0.2, 0.25) is 0 Å². The molecule has 0 bridgehead atoms. The Kier molecular flexibility index (Phi) is 5.03. The Bertz CT molecular complexity index is 982. The number of Topliss-reactive ketones (excluding diaryl/α,β-unsaturated/α-hetero) is 1. The van der Waals surface area contributed by atoms with Gasteiger partial charge in [-0.25, -0.2) is 0 Å². The first-order chi connectivity index (χ1) is 13.9. The fraction of sp³-hybridized carbons (Fsp3) is 0.360. The molecule has 0 spiro atoms. The molecule has 1 amide bonds. The van der Waals surface area contributed by atoms with Gasteiger partial charge in [0.25, 0.3) is 0 Å². The van der Waals surface area contributed by atoms with Crippen molar-refractivity contribution in [3.05, 3.63) is 70.4 Å². The molecule has 0 saturated carbocycles. The molecular formula is C25H28N2O2. The Labute approximate surface area is 172 Å². The molecule has 2 aliphatic rings. The van der Waals surface area contributed by atoms with Gasteiger partial charge < -0.3 is 4.90 Å². The van der Waals surface area contributed by atoms with E-state index in [2.05, 4.69) is 29.2 Å². The molecule has 1 unspecified atom stereocenters. The van der Waals surface area contributed by atoms with Crippen molar-refractivity contribution < 1.29 is 9.59 Å². The second-order valence-electron chi connectivity index (χ2n) is 8.35. The third kappa shape index (κ3) is 3.37. The molecule has 0 N–H and O–H groups in total. The Morgan fingerprint density at radius 3 is 2.21 bits per heavy atom. The zero-order valence-electron chi connectivity index (χ0n) is 17.7. The highest BCUT2D eigenvalue weighted by molar-refractivity contribution is 6.08. The van der Waals surface area contributed by atoms with E-state index in [0.29, 0.717) is 12.8 Å². The SMILES string of the molecule is Cc1cccc(C)c1N1C(=O)CC(c2ccc(N(C)C)cc2)C2=C1CCCC2=O. The number of para-hydroxylation sites is 1. The minimum atomic E-state index is -0.151. The minimum absolute atomic E-state index is 0.0811. The molecule has 4 heteroatoms. The third-order valence-corrected chi connectivity index (χ3v) is 6.15. The number of hydrogen-bond acceptors (Lipinski definition) is 3. The maximum atomic E-state index is 13.4. The summed E-state index contributed by atoms with van der Waals surface area (Å²) in [5.41, 5.74) is 6.99. The van der Waals surface area contributed by atoms with Gasteiger partial charge in [0.1, 0.15) is 0 Å². The second kappa shape index (κ2) is 7.51. The average molecular weight is 389 g/mol. The summed E-state index contributed by atoms with van der Waals surface area (Å²) in [7, 11) is 4.01. The molecular weight excluding hydrogens is 360 g/mol. The Morgan fingerprint density at radius 1 is 0.931 bits per heavy atom. The zero-order chi connectivity index (χ0) is 20.7. The fourth-order valence-electron chi connectivity index (χ4n) is 4.70. The maximum absolute atomic E-state index is 13.4. The van der Waals surface area contributed by atoms with Crippen molar-refractivity contribution in [2.45, 2.75) is 45.4 Å². The van der Waals surface area contributed by atoms with Crippen molar-refractivity contribution in [3.63, 3.8) is 0 Å². The van der Waals surface area contributed by atoms with Gasteiger partial charge in [0.15, 0.2) is 5.78 Å². The van der Waals surface area contributed by atoms with Gasteiger partial charge in [0, 0.05) is 49.8 Å². The Balaban J connectivity index is 1.85. The summed E-state index contributed by atoms with van der Waals surface area (Å²) in [6.07, 6.45) is 2.48. The summed E-state index contributed by atoms with van der Waals surface area (Å²) >= 11 is 0. The first-order valence-corrected chi connectivity index (χ1v) is 10.3. The molecule has 150 valence electrons. The average Bonchev–Trinajstić information content (AvgIpc) is 2.69. The number of carbonyl (C=O) groups excluding carboxylic acids is 2. The van der Waals surface area contributed by atoms with E-state index < -0.39 is 0 Å². The monoisotopic (exact) mass is 388 g/mol. The highest BCUT2D eigenvalue weighted by Gasteiger charge is 2.40. The van der Waals surface area contributed by atoms with Crippen LogP contribution >= 0.6 is 0 Å². The van der Waals surface area contributed by atoms with E-state index in [1.54, 1.807) is 0 Å². The highest BCUT2D eigenvalue weighted by Crippen LogP contribution is 2.44. The molecule has 0 fully saturated rings. The fourth-order valence-corrected chi connectivity index (χ4v) is 4.70. The predicted molar refractivity (Wildman–Crippen MR) is 117 cm³/mol. The van der Waals surface area contributed by atoms with Crippen LogP contribution in [0.4, 0.5) is 11.4 Å². The normalized spacial score (nSPS) is 19.4. The lowest BCUT2D eigenvalue weighted by molar-refractivity contribution is -0.119. The summed E-state index contributed by atoms with van der Waals surface area (Å²) in [5, 5.41) is 0. The van der Waals surface area contributed by atoms with Crippen LogP contribution in [0.15, 0.2) is 53.7 Å². The predicted octanol–water partition coefficient (Wildman–Crippen LogP) is 4.90. The van der Waals surface area contributed by atoms with Gasteiger partial charge in [-0.1, -0.05) is 30.3 Å². The Hall–Kier alpha value is -2.88. The molecule has 2 aromatic rings. The lowest BCUT2D eigenvalue weighted by atomic mass is 9.77. The molecule has 4 rings (SSSR count). The van der Waals surface area contributed by atoms with Gasteiger partial charge in [-0.2, -0.15) is 0 Å². The third-order valence-electron chi connectivity index (χ3n) is 6.15. The minimum Gasteiger partial charge on any atom is -0.378 e. The van der Waals surface area contributed by atoms with E-state index >= 15 is 0 Å². The van der Waals surface area contributed by atoms with E-state index in [4.69, 9.17) is 0 Å². The molecule has 1 heterocycles. The van der Waals surface area contributed by atoms with Crippen LogP contribution < -0.4 is 9.80 Å². The van der Waals surface area contributed by atoms with Gasteiger partial charge >= 0.3 is 0 Å². The topological polar surface area (TPSA) is 40.6 Å². The molecule has 0 aromatic heterocycles. The molecule has 4 nitrogen and oxygen atoms in total. The first-order valence-electron chi connectivity index (χ1n) is 10.3. The van der Waals surface area contributed by atoms with Gasteiger partial charge in [-0.3, -0.25) is 14.5 Å². The number of amides is 1. The van der Waals surface area contributed by atoms with Crippen LogP contribution in [0, 0.1) is 13.8 Å². The van der Waals surface area contributed by atoms with Crippen LogP contribution in [0.3, 0.4) is 0 Å². The van der Waals surface area contributed by atoms with Gasteiger partial charge in [0.2, 0.25) is 5.91 Å². The van der Waals surface area contributed by atoms with Crippen molar-refractivity contribution in [2.75, 3.05) is 23.9 Å². The van der Waals surface area contributed by atoms with Gasteiger partial charge in [0.05, 0.1) is 5.69 Å². The summed E-state index contributed by atoms with van der Waals surface area (Å²) in [6, 6.07) is 14.3. The standard InChI is InChI=1S/C25H28N2O2/c1-16-7-5-8-17(2)25(16)27-21-9-6-10-22(28)24(21)20(15-23(27)29)18-11-13-19(14-12-18)26(3)4/h5,7-8,11-14,20H,6,9-10,15H2,1-4H3. The smallest absolute Gasteiger partial charge is 0.232 e. The van der Waals surface area contributed by atoms with E-state index in [-0.39, 0.29) is 17.6 Å². The summed E-state index contributed by atoms with van der Waals surface area (Å²) in [4.78, 5) is 30.3. The Morgan fingerprint density at radius 2 is 1.59 bits per heavy atom. The van der Waals surface area contributed by atoms with Crippen molar-refractivity contribution in [2.24, 2.45) is 0 Å². The van der Waals surface area contributed by atoms with Crippen LogP contribution in [0.1, 0.15) is 48.3 Å². The number of anilines is 2. The molecule has 1 aliphatic carbocycles. The van der Waals surface area contributed by atoms with E-state index in [9.17, 15) is 9.59 Å². The van der Waals surface area contributed by atoms with Crippen molar-refractivity contribution in [1.82, 2.24) is 0 Å². The lowest BCUT2D eigenvalue weighted by Gasteiger charge is -2.39. The van der Waals surface area contributed by atoms with Crippen molar-refractivity contribution in [3.8, 4) is 0 Å². The molecule has 2 aromatic carbocycles.